The van der Waals surface area contributed by atoms with Gasteiger partial charge in [-0.05, 0) is 75.7 Å². The molecule has 0 aliphatic heterocycles. The molecule has 0 saturated heterocycles. The number of carboxylic acids is 1. The van der Waals surface area contributed by atoms with Crippen LogP contribution in [0.2, 0.25) is 10.0 Å². The van der Waals surface area contributed by atoms with Crippen molar-refractivity contribution in [1.29, 1.82) is 0 Å². The van der Waals surface area contributed by atoms with Gasteiger partial charge in [-0.3, -0.25) is 14.5 Å². The van der Waals surface area contributed by atoms with E-state index in [9.17, 15) is 4.79 Å². The van der Waals surface area contributed by atoms with Gasteiger partial charge in [-0.25, -0.2) is 0 Å². The molecule has 4 aliphatic rings. The van der Waals surface area contributed by atoms with Crippen LogP contribution in [0.1, 0.15) is 80.7 Å². The predicted octanol–water partition coefficient (Wildman–Crippen LogP) is 6.44. The molecule has 3 aromatic rings. The van der Waals surface area contributed by atoms with Crippen LogP contribution in [0.25, 0.3) is 11.3 Å². The standard InChI is InChI=1S/C27H30Cl2N4O4/c28-20-13-30-14-21(29)23(20)24-19(25(37-32-24)17-1-2-17)16-36-27-9-6-26(7-10-27,8-11-27)5-3-18-4-12-33(31-18)15-22(34)35/h4,12-14,17H,1-3,5-11,15-16H2,(H,34,35). The topological polar surface area (TPSA) is 103 Å². The van der Waals surface area contributed by atoms with Gasteiger partial charge in [0.05, 0.1) is 27.9 Å². The number of ether oxygens (including phenoxy) is 1. The highest BCUT2D eigenvalue weighted by molar-refractivity contribution is 6.38. The molecule has 2 bridgehead atoms. The minimum atomic E-state index is -0.876. The second-order valence-corrected chi connectivity index (χ2v) is 11.8. The lowest BCUT2D eigenvalue weighted by Gasteiger charge is -2.53. The summed E-state index contributed by atoms with van der Waals surface area (Å²) in [7, 11) is 0. The van der Waals surface area contributed by atoms with E-state index in [1.807, 2.05) is 6.07 Å². The van der Waals surface area contributed by atoms with E-state index < -0.39 is 5.97 Å². The van der Waals surface area contributed by atoms with Crippen LogP contribution in [0.15, 0.2) is 29.2 Å². The van der Waals surface area contributed by atoms with Crippen LogP contribution in [-0.4, -0.2) is 36.6 Å². The Morgan fingerprint density at radius 2 is 1.84 bits per heavy atom. The summed E-state index contributed by atoms with van der Waals surface area (Å²) in [5, 5.41) is 18.7. The van der Waals surface area contributed by atoms with E-state index in [1.165, 1.54) is 4.68 Å². The number of hydrogen-bond acceptors (Lipinski definition) is 6. The number of nitrogens with zero attached hydrogens (tertiary/aromatic N) is 4. The summed E-state index contributed by atoms with van der Waals surface area (Å²) in [5.41, 5.74) is 3.45. The molecular weight excluding hydrogens is 515 g/mol. The fourth-order valence-electron chi connectivity index (χ4n) is 6.16. The highest BCUT2D eigenvalue weighted by Crippen LogP contribution is 2.56. The van der Waals surface area contributed by atoms with Crippen LogP contribution in [0.4, 0.5) is 0 Å². The quantitative estimate of drug-likeness (QED) is 0.313. The largest absolute Gasteiger partial charge is 0.480 e. The number of carboxylic acid groups (broad SMARTS) is 1. The van der Waals surface area contributed by atoms with Crippen molar-refractivity contribution in [2.24, 2.45) is 5.41 Å². The van der Waals surface area contributed by atoms with Gasteiger partial charge >= 0.3 is 5.97 Å². The van der Waals surface area contributed by atoms with Crippen molar-refractivity contribution in [3.8, 4) is 11.3 Å². The molecule has 4 fully saturated rings. The maximum Gasteiger partial charge on any atom is 0.325 e. The summed E-state index contributed by atoms with van der Waals surface area (Å²) < 4.78 is 14.0. The number of rotatable bonds is 10. The van der Waals surface area contributed by atoms with Gasteiger partial charge in [0.25, 0.3) is 0 Å². The van der Waals surface area contributed by atoms with Gasteiger partial charge in [0.2, 0.25) is 0 Å². The number of aliphatic carboxylic acids is 1. The Hall–Kier alpha value is -2.42. The third kappa shape index (κ3) is 5.03. The summed E-state index contributed by atoms with van der Waals surface area (Å²) in [5.74, 6) is 0.415. The van der Waals surface area contributed by atoms with E-state index in [4.69, 9.17) is 37.6 Å². The first-order chi connectivity index (χ1) is 17.9. The van der Waals surface area contributed by atoms with Gasteiger partial charge in [-0.2, -0.15) is 5.10 Å². The molecule has 0 spiro atoms. The van der Waals surface area contributed by atoms with Crippen LogP contribution >= 0.6 is 23.2 Å². The van der Waals surface area contributed by atoms with E-state index in [1.54, 1.807) is 18.6 Å². The molecule has 7 rings (SSSR count). The molecule has 4 saturated carbocycles. The van der Waals surface area contributed by atoms with Gasteiger partial charge in [-0.15, -0.1) is 0 Å². The molecule has 8 nitrogen and oxygen atoms in total. The van der Waals surface area contributed by atoms with Crippen molar-refractivity contribution in [3.63, 3.8) is 0 Å². The normalized spacial score (nSPS) is 25.0. The highest BCUT2D eigenvalue weighted by Gasteiger charge is 2.49. The Labute approximate surface area is 225 Å². The average molecular weight is 545 g/mol. The Kier molecular flexibility index (Phi) is 6.53. The molecule has 1 N–H and O–H groups in total. The number of hydrogen-bond donors (Lipinski definition) is 1. The summed E-state index contributed by atoms with van der Waals surface area (Å²) in [6.45, 7) is 0.342. The molecule has 0 aromatic carbocycles. The zero-order valence-electron chi connectivity index (χ0n) is 20.6. The van der Waals surface area contributed by atoms with Crippen molar-refractivity contribution in [2.45, 2.75) is 88.9 Å². The molecule has 3 aromatic heterocycles. The lowest BCUT2D eigenvalue weighted by atomic mass is 9.57. The van der Waals surface area contributed by atoms with Crippen molar-refractivity contribution in [2.75, 3.05) is 0 Å². The summed E-state index contributed by atoms with van der Waals surface area (Å²) >= 11 is 12.9. The number of halogens is 2. The molecule has 0 amide bonds. The van der Waals surface area contributed by atoms with E-state index in [2.05, 4.69) is 15.2 Å². The first-order valence-electron chi connectivity index (χ1n) is 13.0. The molecule has 0 radical (unpaired) electrons. The second kappa shape index (κ2) is 9.71. The Morgan fingerprint density at radius 3 is 2.49 bits per heavy atom. The van der Waals surface area contributed by atoms with Gasteiger partial charge in [0.1, 0.15) is 18.0 Å². The molecule has 0 unspecified atom stereocenters. The zero-order valence-corrected chi connectivity index (χ0v) is 22.1. The monoisotopic (exact) mass is 544 g/mol. The fourth-order valence-corrected chi connectivity index (χ4v) is 6.71. The van der Waals surface area contributed by atoms with E-state index in [-0.39, 0.29) is 12.1 Å². The van der Waals surface area contributed by atoms with Crippen LogP contribution in [-0.2, 0) is 29.1 Å². The molecule has 196 valence electrons. The van der Waals surface area contributed by atoms with Gasteiger partial charge in [0.15, 0.2) is 0 Å². The van der Waals surface area contributed by atoms with Crippen LogP contribution in [0, 0.1) is 5.41 Å². The summed E-state index contributed by atoms with van der Waals surface area (Å²) in [6, 6.07) is 1.94. The second-order valence-electron chi connectivity index (χ2n) is 11.0. The SMILES string of the molecule is O=C(O)Cn1ccc(CCC23CCC(OCc4c(-c5c(Cl)cncc5Cl)noc4C4CC4)(CC2)CC3)n1. The van der Waals surface area contributed by atoms with E-state index in [0.29, 0.717) is 39.2 Å². The van der Waals surface area contributed by atoms with Crippen molar-refractivity contribution >= 4 is 29.2 Å². The number of aromatic nitrogens is 4. The average Bonchev–Trinajstić information content (AvgIpc) is 3.50. The van der Waals surface area contributed by atoms with E-state index in [0.717, 1.165) is 81.2 Å². The third-order valence-corrected chi connectivity index (χ3v) is 9.19. The number of aryl methyl sites for hydroxylation is 1. The van der Waals surface area contributed by atoms with Crippen LogP contribution in [0.5, 0.6) is 0 Å². The molecule has 0 atom stereocenters. The molecule has 4 aliphatic carbocycles. The van der Waals surface area contributed by atoms with Crippen molar-refractivity contribution in [1.82, 2.24) is 19.9 Å². The maximum atomic E-state index is 10.9. The van der Waals surface area contributed by atoms with Crippen LogP contribution < -0.4 is 0 Å². The third-order valence-electron chi connectivity index (χ3n) is 8.62. The fraction of sp³-hybridized carbons (Fsp3) is 0.556. The van der Waals surface area contributed by atoms with E-state index >= 15 is 0 Å². The maximum absolute atomic E-state index is 10.9. The summed E-state index contributed by atoms with van der Waals surface area (Å²) in [4.78, 5) is 15.0. The lowest BCUT2D eigenvalue weighted by Crippen LogP contribution is -2.47. The smallest absolute Gasteiger partial charge is 0.325 e. The van der Waals surface area contributed by atoms with Gasteiger partial charge < -0.3 is 14.4 Å². The number of carbonyl (C=O) groups is 1. The minimum Gasteiger partial charge on any atom is -0.480 e. The van der Waals surface area contributed by atoms with Crippen molar-refractivity contribution < 1.29 is 19.2 Å². The van der Waals surface area contributed by atoms with Gasteiger partial charge in [0, 0.05) is 35.6 Å². The molecule has 3 heterocycles. The zero-order chi connectivity index (χ0) is 25.6. The minimum absolute atomic E-state index is 0.0963. The van der Waals surface area contributed by atoms with Gasteiger partial charge in [-0.1, -0.05) is 28.4 Å². The summed E-state index contributed by atoms with van der Waals surface area (Å²) in [6.07, 6.45) is 15.6. The first-order valence-corrected chi connectivity index (χ1v) is 13.8. The molecule has 37 heavy (non-hydrogen) atoms. The highest BCUT2D eigenvalue weighted by atomic mass is 35.5. The molecular formula is C27H30Cl2N4O4. The Bertz CT molecular complexity index is 1270. The number of fused-ring (bicyclic) bond motifs is 3. The van der Waals surface area contributed by atoms with Crippen molar-refractivity contribution in [3.05, 3.63) is 51.7 Å². The van der Waals surface area contributed by atoms with Crippen LogP contribution in [0.3, 0.4) is 0 Å². The molecule has 10 heteroatoms. The predicted molar refractivity (Wildman–Crippen MR) is 138 cm³/mol. The Balaban J connectivity index is 1.12. The number of pyridine rings is 1. The first kappa shape index (κ1) is 24.9. The Morgan fingerprint density at radius 1 is 1.14 bits per heavy atom. The lowest BCUT2D eigenvalue weighted by molar-refractivity contribution is -0.145.